The molecule has 112 valence electrons. The van der Waals surface area contributed by atoms with Crippen molar-refractivity contribution in [1.29, 1.82) is 0 Å². The molecular weight excluding hydrogens is 254 g/mol. The van der Waals surface area contributed by atoms with Crippen LogP contribution in [0.5, 0.6) is 0 Å². The smallest absolute Gasteiger partial charge is 0.0928 e. The van der Waals surface area contributed by atoms with Crippen LogP contribution in [0.4, 0.5) is 5.69 Å². The van der Waals surface area contributed by atoms with Gasteiger partial charge >= 0.3 is 0 Å². The largest absolute Gasteiger partial charge is 0.382 e. The van der Waals surface area contributed by atoms with Gasteiger partial charge in [-0.3, -0.25) is 4.98 Å². The fourth-order valence-corrected chi connectivity index (χ4v) is 2.59. The van der Waals surface area contributed by atoms with Gasteiger partial charge in [0, 0.05) is 58.0 Å². The first-order chi connectivity index (χ1) is 9.83. The molecule has 0 spiro atoms. The molecule has 0 radical (unpaired) electrons. The molecule has 5 nitrogen and oxygen atoms in total. The molecule has 0 aromatic carbocycles. The third-order valence-electron chi connectivity index (χ3n) is 3.84. The second kappa shape index (κ2) is 8.19. The minimum Gasteiger partial charge on any atom is -0.382 e. The maximum absolute atomic E-state index is 5.37. The molecule has 1 aromatic heterocycles. The van der Waals surface area contributed by atoms with Crippen molar-refractivity contribution in [3.8, 4) is 0 Å². The molecule has 1 atom stereocenters. The van der Waals surface area contributed by atoms with Crippen LogP contribution in [0.3, 0.4) is 0 Å². The van der Waals surface area contributed by atoms with E-state index in [1.807, 2.05) is 12.4 Å². The Hall–Kier alpha value is -1.17. The van der Waals surface area contributed by atoms with E-state index in [0.29, 0.717) is 12.6 Å². The zero-order valence-corrected chi connectivity index (χ0v) is 12.4. The summed E-state index contributed by atoms with van der Waals surface area (Å²) < 4.78 is 10.5. The molecule has 1 saturated heterocycles. The van der Waals surface area contributed by atoms with Crippen molar-refractivity contribution in [2.24, 2.45) is 0 Å². The number of hydrogen-bond acceptors (Lipinski definition) is 5. The number of aromatic nitrogens is 1. The van der Waals surface area contributed by atoms with Gasteiger partial charge in [-0.15, -0.1) is 0 Å². The summed E-state index contributed by atoms with van der Waals surface area (Å²) in [5, 5.41) is 3.59. The fourth-order valence-electron chi connectivity index (χ4n) is 2.59. The van der Waals surface area contributed by atoms with Crippen LogP contribution in [0, 0.1) is 0 Å². The molecule has 2 heterocycles. The number of methoxy groups -OCH3 is 2. The van der Waals surface area contributed by atoms with Crippen molar-refractivity contribution in [1.82, 2.24) is 10.3 Å². The van der Waals surface area contributed by atoms with Crippen molar-refractivity contribution < 1.29 is 9.47 Å². The minimum atomic E-state index is 0.137. The second-order valence-electron chi connectivity index (χ2n) is 5.19. The van der Waals surface area contributed by atoms with Gasteiger partial charge in [-0.1, -0.05) is 0 Å². The molecule has 0 amide bonds. The monoisotopic (exact) mass is 279 g/mol. The maximum atomic E-state index is 5.37. The number of nitrogens with one attached hydrogen (secondary N) is 1. The predicted octanol–water partition coefficient (Wildman–Crippen LogP) is 1.30. The number of piperidine rings is 1. The lowest BCUT2D eigenvalue weighted by Crippen LogP contribution is -2.45. The van der Waals surface area contributed by atoms with Gasteiger partial charge in [-0.05, 0) is 25.0 Å². The first-order valence-corrected chi connectivity index (χ1v) is 7.23. The highest BCUT2D eigenvalue weighted by Crippen LogP contribution is 2.18. The molecule has 2 rings (SSSR count). The third-order valence-corrected chi connectivity index (χ3v) is 3.84. The molecule has 0 aliphatic carbocycles. The Morgan fingerprint density at radius 2 is 2.00 bits per heavy atom. The van der Waals surface area contributed by atoms with Gasteiger partial charge in [0.15, 0.2) is 0 Å². The first-order valence-electron chi connectivity index (χ1n) is 7.23. The lowest BCUT2D eigenvalue weighted by Gasteiger charge is -2.34. The Bertz CT molecular complexity index is 367. The number of pyridine rings is 1. The molecule has 0 bridgehead atoms. The van der Waals surface area contributed by atoms with E-state index in [1.54, 1.807) is 14.2 Å². The lowest BCUT2D eigenvalue weighted by molar-refractivity contribution is 0.0269. The Labute approximate surface area is 121 Å². The van der Waals surface area contributed by atoms with Gasteiger partial charge in [0.1, 0.15) is 0 Å². The maximum Gasteiger partial charge on any atom is 0.0928 e. The zero-order chi connectivity index (χ0) is 14.2. The van der Waals surface area contributed by atoms with Crippen molar-refractivity contribution in [3.63, 3.8) is 0 Å². The van der Waals surface area contributed by atoms with Gasteiger partial charge in [0.25, 0.3) is 0 Å². The predicted molar refractivity (Wildman–Crippen MR) is 80.1 cm³/mol. The summed E-state index contributed by atoms with van der Waals surface area (Å²) in [5.41, 5.74) is 1.27. The van der Waals surface area contributed by atoms with E-state index in [1.165, 1.54) is 5.69 Å². The van der Waals surface area contributed by atoms with Crippen LogP contribution in [0.25, 0.3) is 0 Å². The number of hydrogen-bond donors (Lipinski definition) is 1. The molecule has 1 aliphatic rings. The SMILES string of the molecule is COCC(CNC1CCN(c2ccncc2)CC1)OC. The quantitative estimate of drug-likeness (QED) is 0.815. The second-order valence-corrected chi connectivity index (χ2v) is 5.19. The van der Waals surface area contributed by atoms with Gasteiger partial charge in [0.2, 0.25) is 0 Å². The molecule has 1 fully saturated rings. The van der Waals surface area contributed by atoms with Gasteiger partial charge in [-0.25, -0.2) is 0 Å². The topological polar surface area (TPSA) is 46.6 Å². The Morgan fingerprint density at radius 3 is 2.60 bits per heavy atom. The molecular formula is C15H25N3O2. The average molecular weight is 279 g/mol. The van der Waals surface area contributed by atoms with Crippen LogP contribution in [0.15, 0.2) is 24.5 Å². The number of rotatable bonds is 7. The van der Waals surface area contributed by atoms with E-state index in [0.717, 1.165) is 32.5 Å². The molecule has 1 unspecified atom stereocenters. The molecule has 20 heavy (non-hydrogen) atoms. The molecule has 1 aliphatic heterocycles. The van der Waals surface area contributed by atoms with Crippen LogP contribution in [-0.4, -0.2) is 57.6 Å². The molecule has 0 saturated carbocycles. The normalized spacial score (nSPS) is 18.2. The van der Waals surface area contributed by atoms with Crippen molar-refractivity contribution in [2.45, 2.75) is 25.0 Å². The van der Waals surface area contributed by atoms with Crippen LogP contribution in [-0.2, 0) is 9.47 Å². The summed E-state index contributed by atoms with van der Waals surface area (Å²) in [6.45, 7) is 3.66. The highest BCUT2D eigenvalue weighted by Gasteiger charge is 2.20. The van der Waals surface area contributed by atoms with Crippen LogP contribution < -0.4 is 10.2 Å². The van der Waals surface area contributed by atoms with E-state index in [9.17, 15) is 0 Å². The molecule has 1 N–H and O–H groups in total. The lowest BCUT2D eigenvalue weighted by atomic mass is 10.0. The van der Waals surface area contributed by atoms with Gasteiger partial charge in [-0.2, -0.15) is 0 Å². The van der Waals surface area contributed by atoms with Gasteiger partial charge in [0.05, 0.1) is 12.7 Å². The van der Waals surface area contributed by atoms with Crippen LogP contribution >= 0.6 is 0 Å². The number of anilines is 1. The Balaban J connectivity index is 1.72. The van der Waals surface area contributed by atoms with Crippen LogP contribution in [0.2, 0.25) is 0 Å². The zero-order valence-electron chi connectivity index (χ0n) is 12.4. The van der Waals surface area contributed by atoms with E-state index in [4.69, 9.17) is 9.47 Å². The van der Waals surface area contributed by atoms with E-state index in [2.05, 4.69) is 27.3 Å². The van der Waals surface area contributed by atoms with E-state index < -0.39 is 0 Å². The van der Waals surface area contributed by atoms with Gasteiger partial charge < -0.3 is 19.7 Å². The summed E-state index contributed by atoms with van der Waals surface area (Å²) >= 11 is 0. The Morgan fingerprint density at radius 1 is 1.30 bits per heavy atom. The Kier molecular flexibility index (Phi) is 6.24. The highest BCUT2D eigenvalue weighted by atomic mass is 16.5. The fraction of sp³-hybridized carbons (Fsp3) is 0.667. The number of ether oxygens (including phenoxy) is 2. The summed E-state index contributed by atoms with van der Waals surface area (Å²) in [7, 11) is 3.44. The minimum absolute atomic E-state index is 0.137. The van der Waals surface area contributed by atoms with Crippen molar-refractivity contribution >= 4 is 5.69 Å². The van der Waals surface area contributed by atoms with Crippen molar-refractivity contribution in [3.05, 3.63) is 24.5 Å². The van der Waals surface area contributed by atoms with Crippen molar-refractivity contribution in [2.75, 3.05) is 45.4 Å². The molecule has 5 heteroatoms. The summed E-state index contributed by atoms with van der Waals surface area (Å²) in [5.74, 6) is 0. The highest BCUT2D eigenvalue weighted by molar-refractivity contribution is 5.44. The van der Waals surface area contributed by atoms with E-state index in [-0.39, 0.29) is 6.10 Å². The van der Waals surface area contributed by atoms with Crippen LogP contribution in [0.1, 0.15) is 12.8 Å². The average Bonchev–Trinajstić information content (AvgIpc) is 2.53. The first kappa shape index (κ1) is 15.2. The standard InChI is InChI=1S/C15H25N3O2/c1-19-12-15(20-2)11-17-13-5-9-18(10-6-13)14-3-7-16-8-4-14/h3-4,7-8,13,15,17H,5-6,9-12H2,1-2H3. The molecule has 1 aromatic rings. The van der Waals surface area contributed by atoms with E-state index >= 15 is 0 Å². The third kappa shape index (κ3) is 4.44. The summed E-state index contributed by atoms with van der Waals surface area (Å²) in [6, 6.07) is 4.73. The summed E-state index contributed by atoms with van der Waals surface area (Å²) in [6.07, 6.45) is 6.16. The summed E-state index contributed by atoms with van der Waals surface area (Å²) in [4.78, 5) is 6.49. The number of nitrogens with zero attached hydrogens (tertiary/aromatic N) is 2.